The zero-order chi connectivity index (χ0) is 48.2. The van der Waals surface area contributed by atoms with Crippen LogP contribution in [0, 0.1) is 13.8 Å². The Labute approximate surface area is 369 Å². The van der Waals surface area contributed by atoms with E-state index in [0.29, 0.717) is 29.8 Å². The minimum atomic E-state index is -5.55. The van der Waals surface area contributed by atoms with E-state index in [1.807, 2.05) is 0 Å². The standard InChI is InChI=1S/C33H26ClN9O17S5/c1-14-3-4-16(61(46,47)48)10-20(14)36-33-38-31(34)37-32(39-33)35-19-7-6-18-28(30(19)65(58,59)60)27(64(55,56)57)13-24(29(18)45)43-41-22-9-15(2)21(12-25(22)44)40-42-23-11-17(62(49,50)51)5-8-26(23)63(52,53)54/h3-13,44-45H,1-2H3,(H,46,47,48)(H,49,50,51)(H,52,53,54)(H,55,56,57)(H,58,59,60)(H2,35,36,37,38,39). The third-order valence-corrected chi connectivity index (χ3v) is 13.2. The van der Waals surface area contributed by atoms with Crippen molar-refractivity contribution in [2.45, 2.75) is 38.3 Å². The van der Waals surface area contributed by atoms with Crippen LogP contribution < -0.4 is 11.2 Å². The molecule has 0 aliphatic carbocycles. The van der Waals surface area contributed by atoms with Crippen molar-refractivity contribution in [1.29, 1.82) is 0 Å². The number of nitrogens with zero attached hydrogens (tertiary/aromatic N) is 7. The van der Waals surface area contributed by atoms with Gasteiger partial charge in [-0.05, 0) is 91.2 Å². The number of halogens is 1. The predicted molar refractivity (Wildman–Crippen MR) is 222 cm³/mol. The van der Waals surface area contributed by atoms with Crippen molar-refractivity contribution >= 4 is 107 Å². The van der Waals surface area contributed by atoms with Crippen LogP contribution in [0.5, 0.6) is 11.5 Å². The number of nitrogens with one attached hydrogen (secondary N) is 2. The smallest absolute Gasteiger partial charge is 0.297 e. The Balaban J connectivity index is 1.46. The maximum Gasteiger partial charge on any atom is 0.297 e. The maximum atomic E-state index is 12.9. The third-order valence-electron chi connectivity index (χ3n) is 8.61. The summed E-state index contributed by atoms with van der Waals surface area (Å²) in [7, 11) is -25.5. The number of benzene rings is 5. The van der Waals surface area contributed by atoms with Gasteiger partial charge in [0.1, 0.15) is 37.5 Å². The average Bonchev–Trinajstić information content (AvgIpc) is 3.16. The van der Waals surface area contributed by atoms with E-state index in [1.165, 1.54) is 13.0 Å². The fraction of sp³-hybridized carbons (Fsp3) is 0.0606. The lowest BCUT2D eigenvalue weighted by Crippen LogP contribution is -2.27. The molecule has 342 valence electrons. The van der Waals surface area contributed by atoms with E-state index < -0.39 is 131 Å². The Bertz CT molecular complexity index is 3820. The van der Waals surface area contributed by atoms with Crippen molar-refractivity contribution in [2.75, 3.05) is 0 Å². The van der Waals surface area contributed by atoms with Gasteiger partial charge in [0.25, 0.3) is 50.6 Å². The van der Waals surface area contributed by atoms with E-state index in [-0.39, 0.29) is 22.6 Å². The molecule has 9 N–H and O–H groups in total. The van der Waals surface area contributed by atoms with E-state index in [4.69, 9.17) is 11.6 Å². The second-order valence-electron chi connectivity index (χ2n) is 13.1. The van der Waals surface area contributed by atoms with Gasteiger partial charge in [-0.2, -0.15) is 52.2 Å². The van der Waals surface area contributed by atoms with Crippen molar-refractivity contribution in [3.8, 4) is 11.5 Å². The van der Waals surface area contributed by atoms with Crippen molar-refractivity contribution in [1.82, 2.24) is 15.0 Å². The van der Waals surface area contributed by atoms with Crippen LogP contribution >= 0.6 is 11.6 Å². The molecule has 32 heteroatoms. The van der Waals surface area contributed by atoms with Crippen LogP contribution in [0.4, 0.5) is 34.1 Å². The van der Waals surface area contributed by atoms with Crippen LogP contribution in [0.2, 0.25) is 5.28 Å². The number of aryl methyl sites for hydroxylation is 2. The number of fused-ring (bicyclic) bond motifs is 1. The summed E-state index contributed by atoms with van der Waals surface area (Å²) >= 11 is 6.10. The van der Waals surface area contributed by atoms with Crippen LogP contribution in [0.3, 0.4) is 0 Å². The monoisotopic (exact) mass is 1010 g/mol. The van der Waals surface area contributed by atoms with Crippen molar-refractivity contribution in [3.05, 3.63) is 94.4 Å². The van der Waals surface area contributed by atoms with Gasteiger partial charge in [0, 0.05) is 16.8 Å². The first-order valence-corrected chi connectivity index (χ1v) is 24.6. The number of aromatic nitrogens is 3. The number of aromatic hydroxyl groups is 2. The van der Waals surface area contributed by atoms with Gasteiger partial charge in [-0.15, -0.1) is 15.3 Å². The Morgan fingerprint density at radius 3 is 1.69 bits per heavy atom. The highest BCUT2D eigenvalue weighted by molar-refractivity contribution is 7.87. The largest absolute Gasteiger partial charge is 0.506 e. The number of azo groups is 2. The molecule has 0 saturated heterocycles. The zero-order valence-corrected chi connectivity index (χ0v) is 37.0. The van der Waals surface area contributed by atoms with E-state index in [2.05, 4.69) is 45.4 Å². The highest BCUT2D eigenvalue weighted by Gasteiger charge is 2.29. The molecule has 0 aliphatic rings. The van der Waals surface area contributed by atoms with E-state index in [1.54, 1.807) is 6.92 Å². The molecule has 0 saturated carbocycles. The minimum Gasteiger partial charge on any atom is -0.506 e. The van der Waals surface area contributed by atoms with Gasteiger partial charge in [0.05, 0.1) is 26.9 Å². The molecule has 0 spiro atoms. The number of phenolic OH excluding ortho intramolecular Hbond substituents is 2. The number of phenols is 2. The van der Waals surface area contributed by atoms with E-state index in [0.717, 1.165) is 36.4 Å². The summed E-state index contributed by atoms with van der Waals surface area (Å²) in [6, 6.07) is 9.62. The molecule has 0 unspecified atom stereocenters. The van der Waals surface area contributed by atoms with Gasteiger partial charge in [-0.3, -0.25) is 27.7 Å². The molecule has 0 aliphatic heterocycles. The van der Waals surface area contributed by atoms with Crippen LogP contribution in [0.15, 0.2) is 122 Å². The molecule has 6 rings (SSSR count). The van der Waals surface area contributed by atoms with Crippen molar-refractivity contribution in [3.63, 3.8) is 0 Å². The molecule has 0 fully saturated rings. The van der Waals surface area contributed by atoms with Gasteiger partial charge in [-0.1, -0.05) is 6.07 Å². The molecule has 0 bridgehead atoms. The lowest BCUT2D eigenvalue weighted by molar-refractivity contribution is 0.474. The summed E-state index contributed by atoms with van der Waals surface area (Å²) in [6.07, 6.45) is 0. The second kappa shape index (κ2) is 17.2. The molecule has 5 aromatic carbocycles. The second-order valence-corrected chi connectivity index (χ2v) is 20.4. The molecule has 0 atom stereocenters. The van der Waals surface area contributed by atoms with Crippen molar-refractivity contribution < 1.29 is 75.1 Å². The number of aromatic amines is 2. The molecule has 6 aromatic rings. The number of hydrogen-bond donors (Lipinski definition) is 9. The Kier molecular flexibility index (Phi) is 12.7. The summed E-state index contributed by atoms with van der Waals surface area (Å²) in [5.41, 5.74) is -3.17. The molecule has 1 aromatic heterocycles. The molecular formula is C33H26ClN9O17S5. The van der Waals surface area contributed by atoms with Gasteiger partial charge < -0.3 is 15.2 Å². The van der Waals surface area contributed by atoms with Crippen LogP contribution in [-0.2, 0) is 50.6 Å². The molecule has 0 amide bonds. The lowest BCUT2D eigenvalue weighted by Gasteiger charge is -2.13. The molecule has 26 nitrogen and oxygen atoms in total. The highest BCUT2D eigenvalue weighted by atomic mass is 35.5. The number of rotatable bonds is 11. The third kappa shape index (κ3) is 10.8. The molecule has 0 radical (unpaired) electrons. The Morgan fingerprint density at radius 2 is 1.09 bits per heavy atom. The Morgan fingerprint density at radius 1 is 0.523 bits per heavy atom. The van der Waals surface area contributed by atoms with Crippen LogP contribution in [0.1, 0.15) is 11.1 Å². The SMILES string of the molecule is Cc1cc(N=Nc2cc(S(=O)(=O)O)c3c(S(=O)(=O)O)c(N=c4nc(Cl)[nH]c(=Nc5cc(S(=O)(=O)O)ccc5C)[nH]4)ccc3c2O)c(O)cc1N=Nc1cc(S(=O)(=O)O)ccc1S(=O)(=O)O. The summed E-state index contributed by atoms with van der Waals surface area (Å²) in [6.45, 7) is 2.91. The van der Waals surface area contributed by atoms with Gasteiger partial charge in [0.15, 0.2) is 5.75 Å². The first-order valence-electron chi connectivity index (χ1n) is 17.0. The van der Waals surface area contributed by atoms with E-state index >= 15 is 0 Å². The first kappa shape index (κ1) is 48.1. The highest BCUT2D eigenvalue weighted by Crippen LogP contribution is 2.45. The minimum absolute atomic E-state index is 0.0145. The summed E-state index contributed by atoms with van der Waals surface area (Å²) < 4.78 is 171. The maximum absolute atomic E-state index is 12.9. The van der Waals surface area contributed by atoms with Gasteiger partial charge in [-0.25, -0.2) is 9.98 Å². The quantitative estimate of drug-likeness (QED) is 0.0602. The molecule has 1 heterocycles. The van der Waals surface area contributed by atoms with E-state index in [9.17, 15) is 75.1 Å². The van der Waals surface area contributed by atoms with Crippen LogP contribution in [-0.4, -0.2) is 90.0 Å². The molecular weight excluding hydrogens is 990 g/mol. The average molecular weight is 1020 g/mol. The van der Waals surface area contributed by atoms with Crippen LogP contribution in [0.25, 0.3) is 10.8 Å². The molecule has 65 heavy (non-hydrogen) atoms. The van der Waals surface area contributed by atoms with Crippen molar-refractivity contribution in [2.24, 2.45) is 30.4 Å². The lowest BCUT2D eigenvalue weighted by atomic mass is 10.1. The Hall–Kier alpha value is -6.39. The number of H-pyrrole nitrogens is 2. The van der Waals surface area contributed by atoms with Gasteiger partial charge >= 0.3 is 0 Å². The zero-order valence-electron chi connectivity index (χ0n) is 32.1. The summed E-state index contributed by atoms with van der Waals surface area (Å²) in [5.74, 6) is -1.71. The summed E-state index contributed by atoms with van der Waals surface area (Å²) in [4.78, 5) is 12.3. The predicted octanol–water partition coefficient (Wildman–Crippen LogP) is 5.10. The fourth-order valence-corrected chi connectivity index (χ4v) is 9.10. The normalized spacial score (nSPS) is 13.7. The fourth-order valence-electron chi connectivity index (χ4n) is 5.67. The topological polar surface area (TPSA) is 431 Å². The summed E-state index contributed by atoms with van der Waals surface area (Å²) in [5, 5.41) is 34.8. The first-order chi connectivity index (χ1) is 29.9. The number of hydrogen-bond acceptors (Lipinski definition) is 19. The van der Waals surface area contributed by atoms with Gasteiger partial charge in [0.2, 0.25) is 16.5 Å².